The van der Waals surface area contributed by atoms with Crippen LogP contribution in [0.15, 0.2) is 22.7 Å². The summed E-state index contributed by atoms with van der Waals surface area (Å²) in [5.74, 6) is 0.826. The average molecular weight is 384 g/mol. The summed E-state index contributed by atoms with van der Waals surface area (Å²) in [7, 11) is 3.66. The van der Waals surface area contributed by atoms with E-state index in [0.29, 0.717) is 18.1 Å². The molecule has 1 atom stereocenters. The molecule has 0 aliphatic carbocycles. The number of ether oxygens (including phenoxy) is 1. The topological polar surface area (TPSA) is 74.6 Å². The zero-order chi connectivity index (χ0) is 17.1. The van der Waals surface area contributed by atoms with Gasteiger partial charge in [-0.25, -0.2) is 4.68 Å². The fraction of sp³-hybridized carbons (Fsp3) is 0.400. The van der Waals surface area contributed by atoms with Crippen LogP contribution >= 0.6 is 15.9 Å². The molecule has 1 N–H and O–H groups in total. The molecule has 1 heterocycles. The number of nitrogens with one attached hydrogen (secondary N) is 1. The SMILES string of the molecule is COc1ccc(Br)cc1C[NH+](C)Cn1nc(C)c([N+](=O)[O-])c1C. The third-order valence-electron chi connectivity index (χ3n) is 3.68. The van der Waals surface area contributed by atoms with E-state index < -0.39 is 0 Å². The van der Waals surface area contributed by atoms with Gasteiger partial charge in [-0.15, -0.1) is 0 Å². The minimum atomic E-state index is -0.374. The molecule has 7 nitrogen and oxygen atoms in total. The van der Waals surface area contributed by atoms with E-state index in [1.165, 1.54) is 0 Å². The Morgan fingerprint density at radius 1 is 1.43 bits per heavy atom. The van der Waals surface area contributed by atoms with Crippen molar-refractivity contribution < 1.29 is 14.6 Å². The summed E-state index contributed by atoms with van der Waals surface area (Å²) < 4.78 is 8.06. The molecule has 0 radical (unpaired) electrons. The van der Waals surface area contributed by atoms with E-state index in [4.69, 9.17) is 4.74 Å². The van der Waals surface area contributed by atoms with Crippen LogP contribution in [0.3, 0.4) is 0 Å². The highest BCUT2D eigenvalue weighted by molar-refractivity contribution is 9.10. The summed E-state index contributed by atoms with van der Waals surface area (Å²) in [5, 5.41) is 15.4. The standard InChI is InChI=1S/C15H19BrN4O3/c1-10-15(20(21)22)11(2)19(17-10)9-18(3)8-12-7-13(16)5-6-14(12)23-4/h5-7H,8-9H2,1-4H3/p+1. The largest absolute Gasteiger partial charge is 0.496 e. The zero-order valence-electron chi connectivity index (χ0n) is 13.6. The van der Waals surface area contributed by atoms with Crippen LogP contribution < -0.4 is 9.64 Å². The third kappa shape index (κ3) is 3.89. The Kier molecular flexibility index (Phi) is 5.38. The highest BCUT2D eigenvalue weighted by atomic mass is 79.9. The van der Waals surface area contributed by atoms with Crippen molar-refractivity contribution in [2.45, 2.75) is 27.1 Å². The molecule has 0 aliphatic rings. The van der Waals surface area contributed by atoms with Crippen molar-refractivity contribution in [1.82, 2.24) is 9.78 Å². The molecule has 1 aromatic heterocycles. The lowest BCUT2D eigenvalue weighted by Gasteiger charge is -2.16. The van der Waals surface area contributed by atoms with Gasteiger partial charge in [-0.1, -0.05) is 15.9 Å². The molecule has 0 saturated carbocycles. The number of hydrogen-bond acceptors (Lipinski definition) is 4. The number of methoxy groups -OCH3 is 1. The smallest absolute Gasteiger partial charge is 0.312 e. The number of aryl methyl sites for hydroxylation is 1. The van der Waals surface area contributed by atoms with Gasteiger partial charge in [0, 0.05) is 10.0 Å². The second kappa shape index (κ2) is 7.10. The Morgan fingerprint density at radius 3 is 2.70 bits per heavy atom. The molecule has 8 heteroatoms. The van der Waals surface area contributed by atoms with Crippen LogP contribution in [0.2, 0.25) is 0 Å². The first-order chi connectivity index (χ1) is 10.8. The monoisotopic (exact) mass is 383 g/mol. The minimum absolute atomic E-state index is 0.0952. The molecule has 23 heavy (non-hydrogen) atoms. The van der Waals surface area contributed by atoms with Crippen LogP contribution in [0.5, 0.6) is 5.75 Å². The van der Waals surface area contributed by atoms with Crippen molar-refractivity contribution in [3.8, 4) is 5.75 Å². The van der Waals surface area contributed by atoms with E-state index in [9.17, 15) is 10.1 Å². The van der Waals surface area contributed by atoms with Crippen molar-refractivity contribution in [3.05, 3.63) is 49.7 Å². The van der Waals surface area contributed by atoms with Gasteiger partial charge in [0.25, 0.3) is 0 Å². The normalized spacial score (nSPS) is 12.2. The van der Waals surface area contributed by atoms with Crippen molar-refractivity contribution in [2.75, 3.05) is 14.2 Å². The molecule has 0 saturated heterocycles. The maximum Gasteiger partial charge on any atom is 0.312 e. The first kappa shape index (κ1) is 17.4. The predicted octanol–water partition coefficient (Wildman–Crippen LogP) is 1.85. The molecule has 0 fully saturated rings. The van der Waals surface area contributed by atoms with Crippen LogP contribution in [0.1, 0.15) is 17.0 Å². The second-order valence-electron chi connectivity index (χ2n) is 5.52. The van der Waals surface area contributed by atoms with Crippen molar-refractivity contribution in [2.24, 2.45) is 0 Å². The summed E-state index contributed by atoms with van der Waals surface area (Å²) in [6.45, 7) is 4.64. The molecular weight excluding hydrogens is 364 g/mol. The van der Waals surface area contributed by atoms with Crippen LogP contribution in [-0.4, -0.2) is 28.9 Å². The maximum absolute atomic E-state index is 11.1. The van der Waals surface area contributed by atoms with Crippen LogP contribution in [0, 0.1) is 24.0 Å². The number of quaternary nitrogens is 1. The van der Waals surface area contributed by atoms with Gasteiger partial charge in [0.05, 0.1) is 19.1 Å². The molecule has 1 unspecified atom stereocenters. The predicted molar refractivity (Wildman–Crippen MR) is 89.6 cm³/mol. The van der Waals surface area contributed by atoms with Gasteiger partial charge in [0.15, 0.2) is 6.67 Å². The van der Waals surface area contributed by atoms with Crippen LogP contribution in [0.4, 0.5) is 5.69 Å². The number of aromatic nitrogens is 2. The van der Waals surface area contributed by atoms with E-state index in [-0.39, 0.29) is 10.6 Å². The van der Waals surface area contributed by atoms with Crippen LogP contribution in [-0.2, 0) is 13.2 Å². The number of nitrogens with zero attached hydrogens (tertiary/aromatic N) is 3. The molecule has 1 aromatic carbocycles. The number of benzene rings is 1. The molecule has 124 valence electrons. The van der Waals surface area contributed by atoms with Gasteiger partial charge in [-0.3, -0.25) is 10.1 Å². The Bertz CT molecular complexity index is 730. The lowest BCUT2D eigenvalue weighted by molar-refractivity contribution is -0.917. The van der Waals surface area contributed by atoms with Gasteiger partial charge in [0.1, 0.15) is 23.7 Å². The van der Waals surface area contributed by atoms with Gasteiger partial charge in [-0.2, -0.15) is 5.10 Å². The lowest BCUT2D eigenvalue weighted by Crippen LogP contribution is -3.07. The third-order valence-corrected chi connectivity index (χ3v) is 4.17. The Labute approximate surface area is 143 Å². The fourth-order valence-corrected chi connectivity index (χ4v) is 3.04. The number of halogens is 1. The molecule has 0 amide bonds. The summed E-state index contributed by atoms with van der Waals surface area (Å²) in [6.07, 6.45) is 0. The van der Waals surface area contributed by atoms with Crippen molar-refractivity contribution >= 4 is 21.6 Å². The summed E-state index contributed by atoms with van der Waals surface area (Å²) >= 11 is 3.47. The van der Waals surface area contributed by atoms with Gasteiger partial charge in [0.2, 0.25) is 0 Å². The van der Waals surface area contributed by atoms with E-state index in [0.717, 1.165) is 27.2 Å². The molecule has 2 rings (SSSR count). The Balaban J connectivity index is 2.17. The van der Waals surface area contributed by atoms with E-state index >= 15 is 0 Å². The fourth-order valence-electron chi connectivity index (χ4n) is 2.63. The Morgan fingerprint density at radius 2 is 2.13 bits per heavy atom. The van der Waals surface area contributed by atoms with Gasteiger partial charge in [-0.05, 0) is 32.0 Å². The van der Waals surface area contributed by atoms with E-state index in [1.807, 2.05) is 25.2 Å². The molecule has 0 aliphatic heterocycles. The summed E-state index contributed by atoms with van der Waals surface area (Å²) in [5.41, 5.74) is 2.18. The van der Waals surface area contributed by atoms with Gasteiger partial charge >= 0.3 is 5.69 Å². The number of rotatable bonds is 6. The highest BCUT2D eigenvalue weighted by Gasteiger charge is 2.23. The maximum atomic E-state index is 11.1. The van der Waals surface area contributed by atoms with E-state index in [1.54, 1.807) is 25.6 Å². The first-order valence-corrected chi connectivity index (χ1v) is 7.95. The first-order valence-electron chi connectivity index (χ1n) is 7.15. The molecular formula is C15H20BrN4O3+. The summed E-state index contributed by atoms with van der Waals surface area (Å²) in [4.78, 5) is 11.8. The zero-order valence-corrected chi connectivity index (χ0v) is 15.2. The van der Waals surface area contributed by atoms with Gasteiger partial charge < -0.3 is 9.64 Å². The minimum Gasteiger partial charge on any atom is -0.496 e. The Hall–Kier alpha value is -1.93. The van der Waals surface area contributed by atoms with Crippen molar-refractivity contribution in [3.63, 3.8) is 0 Å². The van der Waals surface area contributed by atoms with Crippen molar-refractivity contribution in [1.29, 1.82) is 0 Å². The lowest BCUT2D eigenvalue weighted by atomic mass is 10.2. The number of hydrogen-bond donors (Lipinski definition) is 1. The molecule has 0 bridgehead atoms. The quantitative estimate of drug-likeness (QED) is 0.610. The second-order valence-corrected chi connectivity index (χ2v) is 6.44. The molecule has 0 spiro atoms. The highest BCUT2D eigenvalue weighted by Crippen LogP contribution is 2.23. The number of nitro groups is 1. The van der Waals surface area contributed by atoms with E-state index in [2.05, 4.69) is 21.0 Å². The average Bonchev–Trinajstić information content (AvgIpc) is 2.73. The summed E-state index contributed by atoms with van der Waals surface area (Å²) in [6, 6.07) is 5.87. The molecule has 2 aromatic rings. The van der Waals surface area contributed by atoms with Crippen LogP contribution in [0.25, 0.3) is 0 Å².